The van der Waals surface area contributed by atoms with Crippen LogP contribution in [0.15, 0.2) is 0 Å². The van der Waals surface area contributed by atoms with Gasteiger partial charge in [0.2, 0.25) is 5.91 Å². The molecule has 0 aromatic rings. The van der Waals surface area contributed by atoms with E-state index in [4.69, 9.17) is 10.5 Å². The zero-order chi connectivity index (χ0) is 11.5. The van der Waals surface area contributed by atoms with Crippen molar-refractivity contribution in [3.05, 3.63) is 0 Å². The van der Waals surface area contributed by atoms with Gasteiger partial charge in [0, 0.05) is 18.7 Å². The fourth-order valence-electron chi connectivity index (χ4n) is 2.81. The van der Waals surface area contributed by atoms with Crippen LogP contribution < -0.4 is 11.1 Å². The molecule has 4 nitrogen and oxygen atoms in total. The van der Waals surface area contributed by atoms with Crippen molar-refractivity contribution in [3.8, 4) is 0 Å². The van der Waals surface area contributed by atoms with Gasteiger partial charge in [0.1, 0.15) is 0 Å². The summed E-state index contributed by atoms with van der Waals surface area (Å²) in [5, 5.41) is 3.09. The maximum Gasteiger partial charge on any atom is 0.226 e. The molecular weight excluding hydrogens is 204 g/mol. The third kappa shape index (κ3) is 2.38. The Morgan fingerprint density at radius 1 is 1.44 bits per heavy atom. The number of hydrogen-bond donors (Lipinski definition) is 2. The van der Waals surface area contributed by atoms with Gasteiger partial charge in [-0.3, -0.25) is 4.79 Å². The number of rotatable bonds is 3. The number of nitrogens with one attached hydrogen (secondary N) is 1. The zero-order valence-electron chi connectivity index (χ0n) is 9.95. The van der Waals surface area contributed by atoms with E-state index in [1.54, 1.807) is 0 Å². The summed E-state index contributed by atoms with van der Waals surface area (Å²) >= 11 is 0. The molecule has 2 fully saturated rings. The summed E-state index contributed by atoms with van der Waals surface area (Å²) in [5.74, 6) is 0.185. The Morgan fingerprint density at radius 3 is 2.88 bits per heavy atom. The van der Waals surface area contributed by atoms with Gasteiger partial charge in [0.15, 0.2) is 0 Å². The molecule has 1 amide bonds. The predicted molar refractivity (Wildman–Crippen MR) is 61.9 cm³/mol. The molecule has 0 bridgehead atoms. The Balaban J connectivity index is 1.87. The molecule has 1 aliphatic heterocycles. The van der Waals surface area contributed by atoms with Crippen LogP contribution in [0.3, 0.4) is 0 Å². The van der Waals surface area contributed by atoms with Gasteiger partial charge in [-0.1, -0.05) is 6.92 Å². The third-order valence-corrected chi connectivity index (χ3v) is 3.85. The summed E-state index contributed by atoms with van der Waals surface area (Å²) in [6, 6.07) is 0.331. The maximum absolute atomic E-state index is 12.1. The largest absolute Gasteiger partial charge is 0.377 e. The second-order valence-electron chi connectivity index (χ2n) is 4.92. The van der Waals surface area contributed by atoms with Crippen molar-refractivity contribution >= 4 is 5.91 Å². The third-order valence-electron chi connectivity index (χ3n) is 3.85. The van der Waals surface area contributed by atoms with E-state index in [1.165, 1.54) is 0 Å². The lowest BCUT2D eigenvalue weighted by atomic mass is 9.98. The van der Waals surface area contributed by atoms with Crippen molar-refractivity contribution < 1.29 is 9.53 Å². The van der Waals surface area contributed by atoms with Crippen molar-refractivity contribution in [2.75, 3.05) is 6.61 Å². The van der Waals surface area contributed by atoms with Gasteiger partial charge in [-0.2, -0.15) is 0 Å². The van der Waals surface area contributed by atoms with E-state index in [2.05, 4.69) is 12.2 Å². The maximum atomic E-state index is 12.1. The molecule has 0 radical (unpaired) electrons. The lowest BCUT2D eigenvalue weighted by molar-refractivity contribution is -0.127. The highest BCUT2D eigenvalue weighted by atomic mass is 16.5. The average Bonchev–Trinajstić information content (AvgIpc) is 2.87. The van der Waals surface area contributed by atoms with Gasteiger partial charge >= 0.3 is 0 Å². The van der Waals surface area contributed by atoms with Crippen molar-refractivity contribution in [2.24, 2.45) is 11.7 Å². The van der Waals surface area contributed by atoms with Crippen LogP contribution in [0.1, 0.15) is 39.0 Å². The molecule has 4 atom stereocenters. The van der Waals surface area contributed by atoms with Crippen molar-refractivity contribution in [3.63, 3.8) is 0 Å². The normalized spacial score (nSPS) is 38.9. The van der Waals surface area contributed by atoms with Crippen LogP contribution in [0.2, 0.25) is 0 Å². The standard InChI is InChI=1S/C12H22N2O2/c1-2-11-8(6-7-16-11)12(15)14-10-5-3-4-9(10)13/h8-11H,2-7,13H2,1H3,(H,14,15). The van der Waals surface area contributed by atoms with Crippen LogP contribution in [0.25, 0.3) is 0 Å². The first-order valence-corrected chi connectivity index (χ1v) is 6.40. The van der Waals surface area contributed by atoms with Crippen LogP contribution in [0, 0.1) is 5.92 Å². The first kappa shape index (κ1) is 11.9. The summed E-state index contributed by atoms with van der Waals surface area (Å²) in [7, 11) is 0. The summed E-state index contributed by atoms with van der Waals surface area (Å²) in [5.41, 5.74) is 5.95. The molecule has 0 aromatic carbocycles. The summed E-state index contributed by atoms with van der Waals surface area (Å²) in [6.45, 7) is 2.78. The van der Waals surface area contributed by atoms with E-state index >= 15 is 0 Å². The minimum absolute atomic E-state index is 0.0396. The van der Waals surface area contributed by atoms with Crippen LogP contribution in [0.4, 0.5) is 0 Å². The number of hydrogen-bond acceptors (Lipinski definition) is 3. The summed E-state index contributed by atoms with van der Waals surface area (Å²) in [4.78, 5) is 12.1. The van der Waals surface area contributed by atoms with Gasteiger partial charge < -0.3 is 15.8 Å². The van der Waals surface area contributed by atoms with E-state index in [0.29, 0.717) is 6.61 Å². The second kappa shape index (κ2) is 5.15. The van der Waals surface area contributed by atoms with Crippen molar-refractivity contribution in [1.82, 2.24) is 5.32 Å². The van der Waals surface area contributed by atoms with E-state index < -0.39 is 0 Å². The lowest BCUT2D eigenvalue weighted by Crippen LogP contribution is -2.47. The molecule has 2 aliphatic rings. The van der Waals surface area contributed by atoms with E-state index in [-0.39, 0.29) is 30.0 Å². The first-order valence-electron chi connectivity index (χ1n) is 6.40. The molecule has 1 saturated carbocycles. The number of amides is 1. The molecule has 3 N–H and O–H groups in total. The first-order chi connectivity index (χ1) is 7.72. The Labute approximate surface area is 96.9 Å². The van der Waals surface area contributed by atoms with Crippen molar-refractivity contribution in [1.29, 1.82) is 0 Å². The average molecular weight is 226 g/mol. The Hall–Kier alpha value is -0.610. The molecule has 92 valence electrons. The number of ether oxygens (including phenoxy) is 1. The van der Waals surface area contributed by atoms with E-state index in [9.17, 15) is 4.79 Å². The van der Waals surface area contributed by atoms with Crippen LogP contribution in [0.5, 0.6) is 0 Å². The molecule has 1 heterocycles. The molecule has 0 spiro atoms. The number of carbonyl (C=O) groups is 1. The fourth-order valence-corrected chi connectivity index (χ4v) is 2.81. The number of carbonyl (C=O) groups excluding carboxylic acids is 1. The molecule has 2 rings (SSSR count). The van der Waals surface area contributed by atoms with Crippen LogP contribution in [-0.2, 0) is 9.53 Å². The van der Waals surface area contributed by atoms with Gasteiger partial charge in [0.05, 0.1) is 12.0 Å². The Morgan fingerprint density at radius 2 is 2.25 bits per heavy atom. The van der Waals surface area contributed by atoms with Crippen LogP contribution >= 0.6 is 0 Å². The van der Waals surface area contributed by atoms with Gasteiger partial charge in [0.25, 0.3) is 0 Å². The smallest absolute Gasteiger partial charge is 0.226 e. The highest BCUT2D eigenvalue weighted by molar-refractivity contribution is 5.80. The summed E-state index contributed by atoms with van der Waals surface area (Å²) in [6.07, 6.45) is 5.06. The highest BCUT2D eigenvalue weighted by Crippen LogP contribution is 2.25. The molecule has 16 heavy (non-hydrogen) atoms. The van der Waals surface area contributed by atoms with Crippen molar-refractivity contribution in [2.45, 2.75) is 57.2 Å². The summed E-state index contributed by atoms with van der Waals surface area (Å²) < 4.78 is 5.54. The predicted octanol–water partition coefficient (Wildman–Crippen LogP) is 0.797. The number of nitrogens with two attached hydrogens (primary N) is 1. The molecule has 4 unspecified atom stereocenters. The zero-order valence-corrected chi connectivity index (χ0v) is 9.95. The second-order valence-corrected chi connectivity index (χ2v) is 4.92. The molecule has 1 saturated heterocycles. The monoisotopic (exact) mass is 226 g/mol. The lowest BCUT2D eigenvalue weighted by Gasteiger charge is -2.22. The van der Waals surface area contributed by atoms with Gasteiger partial charge in [-0.05, 0) is 32.1 Å². The van der Waals surface area contributed by atoms with Gasteiger partial charge in [-0.15, -0.1) is 0 Å². The van der Waals surface area contributed by atoms with Gasteiger partial charge in [-0.25, -0.2) is 0 Å². The Bertz CT molecular complexity index is 257. The SMILES string of the molecule is CCC1OCCC1C(=O)NC1CCCC1N. The topological polar surface area (TPSA) is 64.3 Å². The Kier molecular flexibility index (Phi) is 3.82. The van der Waals surface area contributed by atoms with E-state index in [1.807, 2.05) is 0 Å². The molecule has 1 aliphatic carbocycles. The quantitative estimate of drug-likeness (QED) is 0.748. The molecule has 0 aromatic heterocycles. The highest BCUT2D eigenvalue weighted by Gasteiger charge is 2.35. The minimum atomic E-state index is 0.0396. The fraction of sp³-hybridized carbons (Fsp3) is 0.917. The van der Waals surface area contributed by atoms with Crippen LogP contribution in [-0.4, -0.2) is 30.7 Å². The molecular formula is C12H22N2O2. The minimum Gasteiger partial charge on any atom is -0.377 e. The molecule has 4 heteroatoms. The van der Waals surface area contributed by atoms with E-state index in [0.717, 1.165) is 32.1 Å².